The van der Waals surface area contributed by atoms with E-state index in [1.165, 1.54) is 9.59 Å². The molecular formula is C18H18N8O. The minimum atomic E-state index is 0.477. The summed E-state index contributed by atoms with van der Waals surface area (Å²) in [6.45, 7) is 2.01. The molecule has 2 aromatic carbocycles. The summed E-state index contributed by atoms with van der Waals surface area (Å²) >= 11 is 0. The number of benzene rings is 2. The molecule has 4 rings (SSSR count). The van der Waals surface area contributed by atoms with E-state index in [2.05, 4.69) is 30.8 Å². The van der Waals surface area contributed by atoms with Gasteiger partial charge in [0.05, 0.1) is 26.3 Å². The smallest absolute Gasteiger partial charge is 0.204 e. The Morgan fingerprint density at radius 1 is 0.630 bits per heavy atom. The summed E-state index contributed by atoms with van der Waals surface area (Å²) in [5.41, 5.74) is 1.88. The van der Waals surface area contributed by atoms with Gasteiger partial charge in [0.1, 0.15) is 0 Å². The number of nitrogens with zero attached hydrogens (tertiary/aromatic N) is 8. The molecular weight excluding hydrogens is 344 g/mol. The van der Waals surface area contributed by atoms with Crippen molar-refractivity contribution in [2.24, 2.45) is 0 Å². The highest BCUT2D eigenvalue weighted by Gasteiger charge is 2.06. The molecule has 4 aromatic rings. The van der Waals surface area contributed by atoms with Crippen LogP contribution in [0.25, 0.3) is 22.8 Å². The summed E-state index contributed by atoms with van der Waals surface area (Å²) in [6.07, 6.45) is 0. The van der Waals surface area contributed by atoms with Gasteiger partial charge in [-0.2, -0.15) is 9.59 Å². The molecule has 0 aliphatic rings. The summed E-state index contributed by atoms with van der Waals surface area (Å²) in [5, 5.41) is 24.9. The van der Waals surface area contributed by atoms with Gasteiger partial charge in [-0.3, -0.25) is 0 Å². The van der Waals surface area contributed by atoms with Crippen LogP contribution in [0.3, 0.4) is 0 Å². The van der Waals surface area contributed by atoms with Crippen LogP contribution in [0.4, 0.5) is 0 Å². The van der Waals surface area contributed by atoms with Crippen LogP contribution in [0.15, 0.2) is 60.7 Å². The van der Waals surface area contributed by atoms with Gasteiger partial charge in [0.15, 0.2) is 0 Å². The second-order valence-corrected chi connectivity index (χ2v) is 5.76. The summed E-state index contributed by atoms with van der Waals surface area (Å²) in [5.74, 6) is 1.21. The SMILES string of the molecule is c1ccc(-c2nnn(CCOCCn3nnc(-c4ccccc4)n3)n2)cc1. The molecule has 0 saturated carbocycles. The molecule has 0 aliphatic heterocycles. The Morgan fingerprint density at radius 3 is 1.52 bits per heavy atom. The first-order valence-electron chi connectivity index (χ1n) is 8.63. The van der Waals surface area contributed by atoms with E-state index in [0.717, 1.165) is 11.1 Å². The summed E-state index contributed by atoms with van der Waals surface area (Å²) in [6, 6.07) is 19.5. The molecule has 0 N–H and O–H groups in total. The molecule has 2 heterocycles. The molecule has 0 spiro atoms. The van der Waals surface area contributed by atoms with Gasteiger partial charge in [-0.25, -0.2) is 0 Å². The molecule has 0 saturated heterocycles. The first kappa shape index (κ1) is 17.0. The maximum Gasteiger partial charge on any atom is 0.204 e. The van der Waals surface area contributed by atoms with Crippen molar-refractivity contribution >= 4 is 0 Å². The zero-order valence-corrected chi connectivity index (χ0v) is 14.6. The maximum atomic E-state index is 5.61. The number of hydrogen-bond acceptors (Lipinski definition) is 7. The van der Waals surface area contributed by atoms with Crippen LogP contribution in [-0.2, 0) is 17.8 Å². The fraction of sp³-hybridized carbons (Fsp3) is 0.222. The van der Waals surface area contributed by atoms with E-state index in [1.807, 2.05) is 60.7 Å². The molecule has 0 aliphatic carbocycles. The topological polar surface area (TPSA) is 96.4 Å². The van der Waals surface area contributed by atoms with Crippen molar-refractivity contribution in [3.63, 3.8) is 0 Å². The van der Waals surface area contributed by atoms with E-state index in [-0.39, 0.29) is 0 Å². The lowest BCUT2D eigenvalue weighted by Gasteiger charge is -2.02. The minimum absolute atomic E-state index is 0.477. The van der Waals surface area contributed by atoms with Crippen LogP contribution in [-0.4, -0.2) is 53.6 Å². The van der Waals surface area contributed by atoms with Gasteiger partial charge in [-0.15, -0.1) is 20.4 Å². The van der Waals surface area contributed by atoms with Crippen molar-refractivity contribution < 1.29 is 4.74 Å². The zero-order chi connectivity index (χ0) is 18.3. The fourth-order valence-electron chi connectivity index (χ4n) is 2.48. The minimum Gasteiger partial charge on any atom is -0.377 e. The number of hydrogen-bond donors (Lipinski definition) is 0. The monoisotopic (exact) mass is 362 g/mol. The van der Waals surface area contributed by atoms with Gasteiger partial charge in [0, 0.05) is 11.1 Å². The predicted octanol–water partition coefficient (Wildman–Crippen LogP) is 1.71. The molecule has 0 amide bonds. The summed E-state index contributed by atoms with van der Waals surface area (Å²) in [7, 11) is 0. The Morgan fingerprint density at radius 2 is 1.07 bits per heavy atom. The van der Waals surface area contributed by atoms with Crippen molar-refractivity contribution in [2.75, 3.05) is 13.2 Å². The quantitative estimate of drug-likeness (QED) is 0.440. The summed E-state index contributed by atoms with van der Waals surface area (Å²) < 4.78 is 5.61. The molecule has 0 fully saturated rings. The van der Waals surface area contributed by atoms with Gasteiger partial charge < -0.3 is 4.74 Å². The third-order valence-electron chi connectivity index (χ3n) is 3.84. The number of aromatic nitrogens is 8. The Labute approximate surface area is 155 Å². The second-order valence-electron chi connectivity index (χ2n) is 5.76. The first-order chi connectivity index (χ1) is 13.4. The zero-order valence-electron chi connectivity index (χ0n) is 14.6. The second kappa shape index (κ2) is 8.28. The Hall–Kier alpha value is -3.46. The first-order valence-corrected chi connectivity index (χ1v) is 8.63. The molecule has 27 heavy (non-hydrogen) atoms. The molecule has 0 bridgehead atoms. The summed E-state index contributed by atoms with van der Waals surface area (Å²) in [4.78, 5) is 3.06. The van der Waals surface area contributed by atoms with Crippen molar-refractivity contribution in [3.05, 3.63) is 60.7 Å². The predicted molar refractivity (Wildman–Crippen MR) is 97.3 cm³/mol. The van der Waals surface area contributed by atoms with Crippen LogP contribution < -0.4 is 0 Å². The molecule has 9 nitrogen and oxygen atoms in total. The van der Waals surface area contributed by atoms with Gasteiger partial charge in [0.25, 0.3) is 0 Å². The van der Waals surface area contributed by atoms with E-state index in [9.17, 15) is 0 Å². The molecule has 9 heteroatoms. The van der Waals surface area contributed by atoms with Crippen molar-refractivity contribution in [1.82, 2.24) is 40.4 Å². The van der Waals surface area contributed by atoms with Gasteiger partial charge >= 0.3 is 0 Å². The van der Waals surface area contributed by atoms with Crippen LogP contribution in [0, 0.1) is 0 Å². The van der Waals surface area contributed by atoms with E-state index >= 15 is 0 Å². The number of tetrazole rings is 2. The largest absolute Gasteiger partial charge is 0.377 e. The average Bonchev–Trinajstić information content (AvgIpc) is 3.39. The van der Waals surface area contributed by atoms with E-state index in [0.29, 0.717) is 38.0 Å². The standard InChI is InChI=1S/C18H18N8O/c1-3-7-15(8-4-1)17-19-23-25(21-17)11-13-27-14-12-26-22-18(20-24-26)16-9-5-2-6-10-16/h1-10H,11-14H2. The Kier molecular flexibility index (Phi) is 5.21. The Bertz CT molecular complexity index is 887. The highest BCUT2D eigenvalue weighted by molar-refractivity contribution is 5.53. The molecule has 136 valence electrons. The van der Waals surface area contributed by atoms with E-state index in [4.69, 9.17) is 4.74 Å². The average molecular weight is 362 g/mol. The van der Waals surface area contributed by atoms with Gasteiger partial charge in [0.2, 0.25) is 11.6 Å². The van der Waals surface area contributed by atoms with Crippen LogP contribution >= 0.6 is 0 Å². The normalized spacial score (nSPS) is 11.0. The van der Waals surface area contributed by atoms with E-state index < -0.39 is 0 Å². The lowest BCUT2D eigenvalue weighted by atomic mass is 10.2. The fourth-order valence-corrected chi connectivity index (χ4v) is 2.48. The highest BCUT2D eigenvalue weighted by atomic mass is 16.5. The van der Waals surface area contributed by atoms with Crippen LogP contribution in [0.5, 0.6) is 0 Å². The number of rotatable bonds is 8. The van der Waals surface area contributed by atoms with Gasteiger partial charge in [-0.1, -0.05) is 60.7 Å². The molecule has 0 radical (unpaired) electrons. The van der Waals surface area contributed by atoms with Crippen LogP contribution in [0.2, 0.25) is 0 Å². The maximum absolute atomic E-state index is 5.61. The van der Waals surface area contributed by atoms with Gasteiger partial charge in [-0.05, 0) is 10.4 Å². The Balaban J connectivity index is 1.21. The third kappa shape index (κ3) is 4.39. The lowest BCUT2D eigenvalue weighted by molar-refractivity contribution is 0.108. The lowest BCUT2D eigenvalue weighted by Crippen LogP contribution is -2.13. The van der Waals surface area contributed by atoms with Crippen molar-refractivity contribution in [1.29, 1.82) is 0 Å². The van der Waals surface area contributed by atoms with E-state index in [1.54, 1.807) is 0 Å². The molecule has 2 aromatic heterocycles. The highest BCUT2D eigenvalue weighted by Crippen LogP contribution is 2.12. The molecule has 0 atom stereocenters. The number of ether oxygens (including phenoxy) is 1. The van der Waals surface area contributed by atoms with Crippen molar-refractivity contribution in [3.8, 4) is 22.8 Å². The molecule has 0 unspecified atom stereocenters. The third-order valence-corrected chi connectivity index (χ3v) is 3.84. The van der Waals surface area contributed by atoms with Crippen molar-refractivity contribution in [2.45, 2.75) is 13.1 Å². The van der Waals surface area contributed by atoms with Crippen LogP contribution in [0.1, 0.15) is 0 Å².